The maximum Gasteiger partial charge on any atom is 0.330 e. The predicted octanol–water partition coefficient (Wildman–Crippen LogP) is 4.08. The molecule has 0 bridgehead atoms. The zero-order valence-corrected chi connectivity index (χ0v) is 15.2. The Hall–Kier alpha value is -1.36. The molecule has 1 aliphatic heterocycles. The van der Waals surface area contributed by atoms with Gasteiger partial charge >= 0.3 is 5.97 Å². The van der Waals surface area contributed by atoms with Crippen molar-refractivity contribution in [3.05, 3.63) is 35.4 Å². The smallest absolute Gasteiger partial charge is 0.330 e. The van der Waals surface area contributed by atoms with Crippen molar-refractivity contribution < 1.29 is 27.4 Å². The zero-order chi connectivity index (χ0) is 18.1. The van der Waals surface area contributed by atoms with Crippen molar-refractivity contribution in [2.45, 2.75) is 45.8 Å². The van der Waals surface area contributed by atoms with Crippen LogP contribution in [0.4, 0.5) is 8.78 Å². The van der Waals surface area contributed by atoms with Crippen LogP contribution in [-0.2, 0) is 18.6 Å². The van der Waals surface area contributed by atoms with E-state index in [-0.39, 0.29) is 17.5 Å². The number of ether oxygens (including phenoxy) is 1. The summed E-state index contributed by atoms with van der Waals surface area (Å²) in [6, 6.07) is 1.92. The molecule has 1 saturated heterocycles. The van der Waals surface area contributed by atoms with Gasteiger partial charge in [0.05, 0.1) is 23.1 Å². The highest BCUT2D eigenvalue weighted by atomic mass is 31.2. The molecule has 0 unspecified atom stereocenters. The fourth-order valence-electron chi connectivity index (χ4n) is 2.00. The average molecular weight is 358 g/mol. The second-order valence-corrected chi connectivity index (χ2v) is 7.70. The summed E-state index contributed by atoms with van der Waals surface area (Å²) in [4.78, 5) is 11.5. The first-order valence-electron chi connectivity index (χ1n) is 7.59. The molecule has 0 amide bonds. The summed E-state index contributed by atoms with van der Waals surface area (Å²) in [5, 5.41) is 0.116. The van der Waals surface area contributed by atoms with Gasteiger partial charge in [-0.2, -0.15) is 0 Å². The first-order valence-corrected chi connectivity index (χ1v) is 8.77. The van der Waals surface area contributed by atoms with Crippen molar-refractivity contribution in [1.29, 1.82) is 0 Å². The fraction of sp³-hybridized carbons (Fsp3) is 0.471. The van der Waals surface area contributed by atoms with Crippen LogP contribution in [0.3, 0.4) is 0 Å². The maximum atomic E-state index is 14.4. The second kappa shape index (κ2) is 6.87. The Balaban J connectivity index is 2.42. The van der Waals surface area contributed by atoms with E-state index in [1.54, 1.807) is 6.92 Å². The molecular formula is C17H21F2O4P. The summed E-state index contributed by atoms with van der Waals surface area (Å²) in [6.07, 6.45) is 2.44. The van der Waals surface area contributed by atoms with Crippen LogP contribution in [0.15, 0.2) is 18.2 Å². The van der Waals surface area contributed by atoms with Crippen molar-refractivity contribution in [1.82, 2.24) is 0 Å². The molecule has 0 atom stereocenters. The van der Waals surface area contributed by atoms with Gasteiger partial charge in [-0.3, -0.25) is 0 Å². The summed E-state index contributed by atoms with van der Waals surface area (Å²) in [6.45, 7) is 9.30. The van der Waals surface area contributed by atoms with Gasteiger partial charge in [0.2, 0.25) is 8.38 Å². The number of hydrogen-bond donors (Lipinski definition) is 0. The number of halogens is 2. The topological polar surface area (TPSA) is 44.8 Å². The molecule has 1 aromatic rings. The Labute approximate surface area is 141 Å². The van der Waals surface area contributed by atoms with Crippen molar-refractivity contribution in [3.63, 3.8) is 0 Å². The predicted molar refractivity (Wildman–Crippen MR) is 88.9 cm³/mol. The molecule has 4 nitrogen and oxygen atoms in total. The van der Waals surface area contributed by atoms with Crippen LogP contribution < -0.4 is 5.30 Å². The first kappa shape index (κ1) is 19.0. The minimum atomic E-state index is -1.75. The maximum absolute atomic E-state index is 14.4. The monoisotopic (exact) mass is 358 g/mol. The van der Waals surface area contributed by atoms with Gasteiger partial charge in [-0.15, -0.1) is 0 Å². The Kier molecular flexibility index (Phi) is 5.43. The first-order chi connectivity index (χ1) is 11.1. The summed E-state index contributed by atoms with van der Waals surface area (Å²) in [5.74, 6) is -2.10. The van der Waals surface area contributed by atoms with Gasteiger partial charge in [-0.1, -0.05) is 0 Å². The van der Waals surface area contributed by atoms with E-state index in [9.17, 15) is 13.6 Å². The van der Waals surface area contributed by atoms with Crippen molar-refractivity contribution in [2.24, 2.45) is 0 Å². The molecule has 7 heteroatoms. The highest BCUT2D eigenvalue weighted by molar-refractivity contribution is 7.56. The molecule has 1 heterocycles. The van der Waals surface area contributed by atoms with Gasteiger partial charge in [0.15, 0.2) is 0 Å². The average Bonchev–Trinajstić information content (AvgIpc) is 2.64. The molecule has 132 valence electrons. The van der Waals surface area contributed by atoms with E-state index in [4.69, 9.17) is 13.8 Å². The molecule has 2 rings (SSSR count). The van der Waals surface area contributed by atoms with E-state index in [2.05, 4.69) is 0 Å². The summed E-state index contributed by atoms with van der Waals surface area (Å²) in [7, 11) is -1.75. The van der Waals surface area contributed by atoms with Gasteiger partial charge in [-0.05, 0) is 52.3 Å². The normalized spacial score (nSPS) is 19.8. The number of carbonyl (C=O) groups is 1. The molecule has 24 heavy (non-hydrogen) atoms. The molecule has 0 aliphatic carbocycles. The van der Waals surface area contributed by atoms with Crippen molar-refractivity contribution in [3.8, 4) is 0 Å². The molecular weight excluding hydrogens is 337 g/mol. The van der Waals surface area contributed by atoms with E-state index < -0.39 is 37.2 Å². The lowest BCUT2D eigenvalue weighted by Gasteiger charge is -2.29. The quantitative estimate of drug-likeness (QED) is 0.462. The van der Waals surface area contributed by atoms with Crippen LogP contribution in [-0.4, -0.2) is 23.8 Å². The van der Waals surface area contributed by atoms with Gasteiger partial charge in [0.1, 0.15) is 11.6 Å². The van der Waals surface area contributed by atoms with E-state index in [0.717, 1.165) is 18.2 Å². The van der Waals surface area contributed by atoms with Gasteiger partial charge in [0.25, 0.3) is 0 Å². The molecule has 1 fully saturated rings. The number of carbonyl (C=O) groups excluding carboxylic acids is 1. The SMILES string of the molecule is CCOC(=O)/C=C/c1cc(F)cc(F)c1P1OC(C)(C)C(C)(C)O1. The zero-order valence-electron chi connectivity index (χ0n) is 14.4. The lowest BCUT2D eigenvalue weighted by atomic mass is 9.90. The third kappa shape index (κ3) is 3.82. The van der Waals surface area contributed by atoms with Crippen LogP contribution in [0.5, 0.6) is 0 Å². The Bertz CT molecular complexity index is 655. The third-order valence-corrected chi connectivity index (χ3v) is 6.08. The molecule has 0 aromatic heterocycles. The van der Waals surface area contributed by atoms with Crippen LogP contribution >= 0.6 is 8.38 Å². The van der Waals surface area contributed by atoms with Crippen molar-refractivity contribution in [2.75, 3.05) is 6.61 Å². The number of esters is 1. The Morgan fingerprint density at radius 1 is 1.21 bits per heavy atom. The van der Waals surface area contributed by atoms with E-state index in [1.807, 2.05) is 27.7 Å². The highest BCUT2D eigenvalue weighted by Gasteiger charge is 2.51. The van der Waals surface area contributed by atoms with E-state index in [0.29, 0.717) is 0 Å². The fourth-order valence-corrected chi connectivity index (χ4v) is 4.08. The molecule has 0 spiro atoms. The molecule has 1 aliphatic rings. The van der Waals surface area contributed by atoms with E-state index >= 15 is 0 Å². The lowest BCUT2D eigenvalue weighted by Crippen LogP contribution is -2.41. The largest absolute Gasteiger partial charge is 0.463 e. The summed E-state index contributed by atoms with van der Waals surface area (Å²) < 4.78 is 44.6. The van der Waals surface area contributed by atoms with Crippen molar-refractivity contribution >= 4 is 25.7 Å². The van der Waals surface area contributed by atoms with Gasteiger partial charge in [0, 0.05) is 12.1 Å². The minimum absolute atomic E-state index is 0.116. The Morgan fingerprint density at radius 3 is 2.33 bits per heavy atom. The van der Waals surface area contributed by atoms with Crippen LogP contribution in [0, 0.1) is 11.6 Å². The van der Waals surface area contributed by atoms with Crippen LogP contribution in [0.1, 0.15) is 40.2 Å². The molecule has 0 saturated carbocycles. The number of benzene rings is 1. The van der Waals surface area contributed by atoms with Crippen LogP contribution in [0.25, 0.3) is 6.08 Å². The van der Waals surface area contributed by atoms with Crippen LogP contribution in [0.2, 0.25) is 0 Å². The van der Waals surface area contributed by atoms with E-state index in [1.165, 1.54) is 6.08 Å². The summed E-state index contributed by atoms with van der Waals surface area (Å²) >= 11 is 0. The lowest BCUT2D eigenvalue weighted by molar-refractivity contribution is -0.137. The van der Waals surface area contributed by atoms with Gasteiger partial charge < -0.3 is 13.8 Å². The molecule has 0 radical (unpaired) electrons. The number of rotatable bonds is 4. The molecule has 0 N–H and O–H groups in total. The summed E-state index contributed by atoms with van der Waals surface area (Å²) in [5.41, 5.74) is -1.08. The Morgan fingerprint density at radius 2 is 1.79 bits per heavy atom. The highest BCUT2D eigenvalue weighted by Crippen LogP contribution is 2.57. The standard InChI is InChI=1S/C17H21F2O4P/c1-6-21-14(20)8-7-11-9-12(18)10-13(19)15(11)24-22-16(2,3)17(4,5)23-24/h7-10H,6H2,1-5H3/b8-7+. The molecule has 1 aromatic carbocycles. The third-order valence-electron chi connectivity index (χ3n) is 4.00. The number of hydrogen-bond acceptors (Lipinski definition) is 4. The minimum Gasteiger partial charge on any atom is -0.463 e. The van der Waals surface area contributed by atoms with Gasteiger partial charge in [-0.25, -0.2) is 13.6 Å². The second-order valence-electron chi connectivity index (χ2n) is 6.37.